The van der Waals surface area contributed by atoms with Crippen LogP contribution in [0.5, 0.6) is 0 Å². The van der Waals surface area contributed by atoms with Gasteiger partial charge in [0.05, 0.1) is 28.5 Å². The maximum Gasteiger partial charge on any atom is 0.275 e. The number of halogens is 1. The quantitative estimate of drug-likeness (QED) is 0.514. The van der Waals surface area contributed by atoms with E-state index in [1.54, 1.807) is 54.6 Å². The van der Waals surface area contributed by atoms with Gasteiger partial charge in [-0.05, 0) is 48.5 Å². The largest absolute Gasteiger partial charge is 0.322 e. The predicted molar refractivity (Wildman–Crippen MR) is 113 cm³/mol. The fourth-order valence-electron chi connectivity index (χ4n) is 2.77. The normalized spacial score (nSPS) is 10.5. The minimum atomic E-state index is -0.449. The summed E-state index contributed by atoms with van der Waals surface area (Å²) in [6, 6.07) is 20.8. The molecule has 4 rings (SSSR count). The van der Waals surface area contributed by atoms with Crippen molar-refractivity contribution in [2.75, 3.05) is 10.6 Å². The van der Waals surface area contributed by atoms with E-state index in [0.29, 0.717) is 33.0 Å². The molecule has 6 nitrogen and oxygen atoms in total. The van der Waals surface area contributed by atoms with Gasteiger partial charge in [0.15, 0.2) is 0 Å². The van der Waals surface area contributed by atoms with Crippen LogP contribution in [0.15, 0.2) is 79.0 Å². The minimum Gasteiger partial charge on any atom is -0.322 e. The first kappa shape index (κ1) is 18.6. The Morgan fingerprint density at radius 1 is 0.759 bits per heavy atom. The molecule has 1 heterocycles. The van der Waals surface area contributed by atoms with E-state index in [4.69, 9.17) is 11.6 Å². The molecule has 1 aromatic heterocycles. The highest BCUT2D eigenvalue weighted by Crippen LogP contribution is 2.20. The number of nitrogens with one attached hydrogen (secondary N) is 2. The Morgan fingerprint density at radius 3 is 2.24 bits per heavy atom. The number of rotatable bonds is 4. The van der Waals surface area contributed by atoms with E-state index in [1.165, 1.54) is 6.20 Å². The second kappa shape index (κ2) is 8.08. The molecule has 3 aromatic carbocycles. The van der Waals surface area contributed by atoms with Gasteiger partial charge in [0.2, 0.25) is 0 Å². The number of fused-ring (bicyclic) bond motifs is 1. The van der Waals surface area contributed by atoms with Crippen molar-refractivity contribution in [1.29, 1.82) is 0 Å². The van der Waals surface area contributed by atoms with Crippen molar-refractivity contribution in [2.24, 2.45) is 0 Å². The van der Waals surface area contributed by atoms with Gasteiger partial charge < -0.3 is 10.6 Å². The Hall–Kier alpha value is -3.77. The average Bonchev–Trinajstić information content (AvgIpc) is 2.75. The molecule has 29 heavy (non-hydrogen) atoms. The van der Waals surface area contributed by atoms with E-state index >= 15 is 0 Å². The lowest BCUT2D eigenvalue weighted by Gasteiger charge is -2.11. The second-order valence-corrected chi connectivity index (χ2v) is 6.64. The summed E-state index contributed by atoms with van der Waals surface area (Å²) in [5, 5.41) is 6.11. The van der Waals surface area contributed by atoms with Gasteiger partial charge in [-0.25, -0.2) is 4.98 Å². The molecule has 142 valence electrons. The maximum atomic E-state index is 12.7. The molecule has 0 spiro atoms. The Balaban J connectivity index is 1.56. The number of carbonyl (C=O) groups is 2. The molecule has 0 radical (unpaired) electrons. The molecule has 0 saturated heterocycles. The third-order valence-electron chi connectivity index (χ3n) is 4.20. The molecule has 0 bridgehead atoms. The lowest BCUT2D eigenvalue weighted by atomic mass is 10.1. The Bertz CT molecular complexity index is 1210. The van der Waals surface area contributed by atoms with Crippen LogP contribution < -0.4 is 10.6 Å². The van der Waals surface area contributed by atoms with Gasteiger partial charge in [0.25, 0.3) is 11.8 Å². The molecule has 4 aromatic rings. The number of hydrogen-bond acceptors (Lipinski definition) is 4. The molecule has 0 aliphatic carbocycles. The number of amides is 2. The molecule has 0 unspecified atom stereocenters. The van der Waals surface area contributed by atoms with Crippen LogP contribution in [0.1, 0.15) is 20.8 Å². The van der Waals surface area contributed by atoms with Crippen LogP contribution in [0.25, 0.3) is 11.0 Å². The van der Waals surface area contributed by atoms with Crippen molar-refractivity contribution in [2.45, 2.75) is 0 Å². The molecular weight excluding hydrogens is 388 g/mol. The SMILES string of the molecule is O=C(Nc1ccccc1C(=O)Nc1ccc(Cl)cc1)c1cnc2ccccc2n1. The maximum absolute atomic E-state index is 12.7. The summed E-state index contributed by atoms with van der Waals surface area (Å²) in [7, 11) is 0. The van der Waals surface area contributed by atoms with Gasteiger partial charge in [-0.15, -0.1) is 0 Å². The van der Waals surface area contributed by atoms with Crippen LogP contribution in [0, 0.1) is 0 Å². The molecular formula is C22H15ClN4O2. The molecule has 0 saturated carbocycles. The summed E-state index contributed by atoms with van der Waals surface area (Å²) in [6.07, 6.45) is 1.41. The fraction of sp³-hybridized carbons (Fsp3) is 0. The van der Waals surface area contributed by atoms with E-state index in [9.17, 15) is 9.59 Å². The second-order valence-electron chi connectivity index (χ2n) is 6.20. The smallest absolute Gasteiger partial charge is 0.275 e. The highest BCUT2D eigenvalue weighted by atomic mass is 35.5. The third kappa shape index (κ3) is 4.23. The summed E-state index contributed by atoms with van der Waals surface area (Å²) in [6.45, 7) is 0. The monoisotopic (exact) mass is 402 g/mol. The van der Waals surface area contributed by atoms with Crippen molar-refractivity contribution in [1.82, 2.24) is 9.97 Å². The third-order valence-corrected chi connectivity index (χ3v) is 4.46. The van der Waals surface area contributed by atoms with Gasteiger partial charge in [-0.3, -0.25) is 14.6 Å². The standard InChI is InChI=1S/C22H15ClN4O2/c23-14-9-11-15(12-10-14)25-21(28)16-5-1-2-6-17(16)27-22(29)20-13-24-18-7-3-4-8-19(18)26-20/h1-13H,(H,25,28)(H,27,29). The minimum absolute atomic E-state index is 0.164. The summed E-state index contributed by atoms with van der Waals surface area (Å²) in [5.41, 5.74) is 2.78. The molecule has 0 aliphatic rings. The molecule has 2 amide bonds. The zero-order chi connectivity index (χ0) is 20.2. The fourth-order valence-corrected chi connectivity index (χ4v) is 2.90. The summed E-state index contributed by atoms with van der Waals surface area (Å²) >= 11 is 5.87. The number of hydrogen-bond donors (Lipinski definition) is 2. The summed E-state index contributed by atoms with van der Waals surface area (Å²) in [4.78, 5) is 33.9. The molecule has 7 heteroatoms. The lowest BCUT2D eigenvalue weighted by molar-refractivity contribution is 0.102. The number of benzene rings is 3. The van der Waals surface area contributed by atoms with E-state index in [-0.39, 0.29) is 11.6 Å². The van der Waals surface area contributed by atoms with E-state index < -0.39 is 5.91 Å². The van der Waals surface area contributed by atoms with Gasteiger partial charge in [0.1, 0.15) is 5.69 Å². The van der Waals surface area contributed by atoms with E-state index in [2.05, 4.69) is 20.6 Å². The molecule has 2 N–H and O–H groups in total. The summed E-state index contributed by atoms with van der Waals surface area (Å²) in [5.74, 6) is -0.803. The van der Waals surface area contributed by atoms with E-state index in [1.807, 2.05) is 18.2 Å². The number of anilines is 2. The van der Waals surface area contributed by atoms with E-state index in [0.717, 1.165) is 0 Å². The Morgan fingerprint density at radius 2 is 1.45 bits per heavy atom. The zero-order valence-electron chi connectivity index (χ0n) is 15.1. The highest BCUT2D eigenvalue weighted by Gasteiger charge is 2.15. The first-order chi connectivity index (χ1) is 14.1. The van der Waals surface area contributed by atoms with Gasteiger partial charge >= 0.3 is 0 Å². The van der Waals surface area contributed by atoms with Crippen LogP contribution in [0.2, 0.25) is 5.02 Å². The van der Waals surface area contributed by atoms with Crippen LogP contribution in [-0.2, 0) is 0 Å². The number of nitrogens with zero attached hydrogens (tertiary/aromatic N) is 2. The zero-order valence-corrected chi connectivity index (χ0v) is 15.9. The van der Waals surface area contributed by atoms with Gasteiger partial charge in [-0.2, -0.15) is 0 Å². The first-order valence-electron chi connectivity index (χ1n) is 8.79. The first-order valence-corrected chi connectivity index (χ1v) is 9.17. The van der Waals surface area contributed by atoms with Crippen molar-refractivity contribution in [3.63, 3.8) is 0 Å². The van der Waals surface area contributed by atoms with Crippen molar-refractivity contribution in [3.8, 4) is 0 Å². The number of aromatic nitrogens is 2. The van der Waals surface area contributed by atoms with Crippen molar-refractivity contribution in [3.05, 3.63) is 95.3 Å². The van der Waals surface area contributed by atoms with Crippen molar-refractivity contribution < 1.29 is 9.59 Å². The molecule has 0 fully saturated rings. The van der Waals surface area contributed by atoms with Crippen molar-refractivity contribution >= 4 is 45.8 Å². The number of carbonyl (C=O) groups excluding carboxylic acids is 2. The Kier molecular flexibility index (Phi) is 5.18. The van der Waals surface area contributed by atoms with Crippen LogP contribution in [0.4, 0.5) is 11.4 Å². The molecule has 0 aliphatic heterocycles. The predicted octanol–water partition coefficient (Wildman–Crippen LogP) is 4.79. The van der Waals surface area contributed by atoms with Crippen LogP contribution in [-0.4, -0.2) is 21.8 Å². The van der Waals surface area contributed by atoms with Gasteiger partial charge in [-0.1, -0.05) is 35.9 Å². The number of para-hydroxylation sites is 3. The average molecular weight is 403 g/mol. The Labute approximate surface area is 171 Å². The topological polar surface area (TPSA) is 84.0 Å². The van der Waals surface area contributed by atoms with Gasteiger partial charge in [0, 0.05) is 10.7 Å². The summed E-state index contributed by atoms with van der Waals surface area (Å²) < 4.78 is 0. The van der Waals surface area contributed by atoms with Crippen LogP contribution >= 0.6 is 11.6 Å². The highest BCUT2D eigenvalue weighted by molar-refractivity contribution is 6.30. The lowest BCUT2D eigenvalue weighted by Crippen LogP contribution is -2.19. The van der Waals surface area contributed by atoms with Crippen LogP contribution in [0.3, 0.4) is 0 Å². The molecule has 0 atom stereocenters.